The van der Waals surface area contributed by atoms with Crippen LogP contribution in [0, 0.1) is 0 Å². The normalized spacial score (nSPS) is 16.4. The van der Waals surface area contributed by atoms with Crippen LogP contribution in [0.4, 0.5) is 11.4 Å². The summed E-state index contributed by atoms with van der Waals surface area (Å²) < 4.78 is 16.0. The van der Waals surface area contributed by atoms with Gasteiger partial charge in [0.25, 0.3) is 5.91 Å². The van der Waals surface area contributed by atoms with Gasteiger partial charge in [-0.1, -0.05) is 17.7 Å². The van der Waals surface area contributed by atoms with Gasteiger partial charge in [0.15, 0.2) is 16.6 Å². The summed E-state index contributed by atoms with van der Waals surface area (Å²) in [6.07, 6.45) is -0.0837. The third-order valence-electron chi connectivity index (χ3n) is 5.95. The lowest BCUT2D eigenvalue weighted by atomic mass is 10.1. The number of hydrogen-bond acceptors (Lipinski definition) is 6. The topological polar surface area (TPSA) is 80.3 Å². The van der Waals surface area contributed by atoms with E-state index in [0.29, 0.717) is 45.3 Å². The van der Waals surface area contributed by atoms with Crippen LogP contribution in [0.25, 0.3) is 0 Å². The number of amides is 2. The lowest BCUT2D eigenvalue weighted by molar-refractivity contribution is -0.124. The van der Waals surface area contributed by atoms with Crippen molar-refractivity contribution in [2.45, 2.75) is 19.0 Å². The fourth-order valence-electron chi connectivity index (χ4n) is 4.14. The van der Waals surface area contributed by atoms with Crippen molar-refractivity contribution in [3.63, 3.8) is 0 Å². The molecule has 36 heavy (non-hydrogen) atoms. The van der Waals surface area contributed by atoms with Crippen molar-refractivity contribution >= 4 is 52.1 Å². The molecule has 2 amide bonds. The number of hydrogen-bond donors (Lipinski definition) is 1. The number of anilines is 2. The van der Waals surface area contributed by atoms with Gasteiger partial charge >= 0.3 is 0 Å². The molecule has 10 heteroatoms. The number of methoxy groups -OCH3 is 1. The molecule has 3 aromatic carbocycles. The molecule has 0 bridgehead atoms. The summed E-state index contributed by atoms with van der Waals surface area (Å²) in [5.41, 5.74) is 2.06. The van der Waals surface area contributed by atoms with E-state index in [1.807, 2.05) is 18.2 Å². The minimum atomic E-state index is -0.795. The molecule has 1 fully saturated rings. The highest BCUT2D eigenvalue weighted by atomic mass is 35.5. The predicted octanol–water partition coefficient (Wildman–Crippen LogP) is 4.61. The molecule has 0 aliphatic carbocycles. The third-order valence-corrected chi connectivity index (χ3v) is 6.61. The van der Waals surface area contributed by atoms with E-state index in [4.69, 9.17) is 38.0 Å². The molecular weight excluding hydrogens is 502 g/mol. The highest BCUT2D eigenvalue weighted by Crippen LogP contribution is 2.35. The van der Waals surface area contributed by atoms with Crippen LogP contribution in [0.1, 0.15) is 12.0 Å². The average Bonchev–Trinajstić information content (AvgIpc) is 3.43. The summed E-state index contributed by atoms with van der Waals surface area (Å²) in [4.78, 5) is 29.8. The van der Waals surface area contributed by atoms with E-state index in [1.54, 1.807) is 60.5 Å². The van der Waals surface area contributed by atoms with Crippen LogP contribution >= 0.6 is 23.8 Å². The molecule has 184 valence electrons. The molecule has 0 saturated carbocycles. The molecule has 0 spiro atoms. The summed E-state index contributed by atoms with van der Waals surface area (Å²) >= 11 is 11.8. The molecular formula is C26H22ClN3O5S. The molecule has 0 aromatic heterocycles. The van der Waals surface area contributed by atoms with E-state index in [0.717, 1.165) is 5.56 Å². The van der Waals surface area contributed by atoms with Crippen LogP contribution in [0.5, 0.6) is 17.2 Å². The quantitative estimate of drug-likeness (QED) is 0.453. The predicted molar refractivity (Wildman–Crippen MR) is 140 cm³/mol. The third kappa shape index (κ3) is 4.80. The second-order valence-electron chi connectivity index (χ2n) is 8.24. The number of nitrogens with one attached hydrogen (secondary N) is 1. The van der Waals surface area contributed by atoms with Gasteiger partial charge in [0.1, 0.15) is 11.8 Å². The van der Waals surface area contributed by atoms with Gasteiger partial charge in [0.05, 0.1) is 19.2 Å². The van der Waals surface area contributed by atoms with E-state index in [1.165, 1.54) is 4.90 Å². The maximum Gasteiger partial charge on any atom is 0.256 e. The molecule has 1 atom stereocenters. The Labute approximate surface area is 218 Å². The maximum atomic E-state index is 13.6. The summed E-state index contributed by atoms with van der Waals surface area (Å²) in [5, 5.41) is 3.70. The molecule has 2 aliphatic rings. The molecule has 3 aromatic rings. The van der Waals surface area contributed by atoms with Crippen LogP contribution in [-0.4, -0.2) is 41.8 Å². The summed E-state index contributed by atoms with van der Waals surface area (Å²) in [7, 11) is 1.57. The number of carbonyl (C=O) groups excluding carboxylic acids is 2. The molecule has 1 N–H and O–H groups in total. The number of fused-ring (bicyclic) bond motifs is 1. The van der Waals surface area contributed by atoms with Crippen LogP contribution < -0.4 is 24.4 Å². The summed E-state index contributed by atoms with van der Waals surface area (Å²) in [5.74, 6) is 1.38. The Balaban J connectivity index is 1.40. The van der Waals surface area contributed by atoms with Gasteiger partial charge in [-0.05, 0) is 78.4 Å². The Morgan fingerprint density at radius 2 is 1.81 bits per heavy atom. The first-order valence-corrected chi connectivity index (χ1v) is 11.9. The number of carbonyl (C=O) groups is 2. The number of thiocarbonyl (C=S) groups is 1. The Kier molecular flexibility index (Phi) is 6.67. The highest BCUT2D eigenvalue weighted by molar-refractivity contribution is 7.80. The van der Waals surface area contributed by atoms with Gasteiger partial charge in [-0.3, -0.25) is 14.5 Å². The number of ether oxygens (including phenoxy) is 3. The molecule has 2 aliphatic heterocycles. The zero-order valence-electron chi connectivity index (χ0n) is 19.3. The van der Waals surface area contributed by atoms with Crippen molar-refractivity contribution in [1.82, 2.24) is 4.90 Å². The fourth-order valence-corrected chi connectivity index (χ4v) is 4.65. The van der Waals surface area contributed by atoms with E-state index in [-0.39, 0.29) is 25.0 Å². The standard InChI is InChI=1S/C26H22ClN3O5S/c1-33-20-9-5-18(6-10-20)28-24(31)13-21-25(32)30(19-7-3-17(27)4-8-19)26(36)29(21)14-16-2-11-22-23(12-16)35-15-34-22/h2-12,21H,13-15H2,1H3,(H,28,31)/t21-/m0/s1. The summed E-state index contributed by atoms with van der Waals surface area (Å²) in [6.45, 7) is 0.476. The molecule has 0 radical (unpaired) electrons. The maximum absolute atomic E-state index is 13.6. The second kappa shape index (κ2) is 10.0. The van der Waals surface area contributed by atoms with Gasteiger partial charge in [-0.2, -0.15) is 0 Å². The van der Waals surface area contributed by atoms with Crippen molar-refractivity contribution in [3.05, 3.63) is 77.3 Å². The first-order valence-electron chi connectivity index (χ1n) is 11.2. The minimum absolute atomic E-state index is 0.0837. The summed E-state index contributed by atoms with van der Waals surface area (Å²) in [6, 6.07) is 18.6. The number of rotatable bonds is 7. The lowest BCUT2D eigenvalue weighted by Gasteiger charge is -2.24. The molecule has 5 rings (SSSR count). The SMILES string of the molecule is COc1ccc(NC(=O)C[C@H]2C(=O)N(c3ccc(Cl)cc3)C(=S)N2Cc2ccc3c(c2)OCO3)cc1. The first kappa shape index (κ1) is 23.9. The smallest absolute Gasteiger partial charge is 0.256 e. The van der Waals surface area contributed by atoms with Crippen LogP contribution in [-0.2, 0) is 16.1 Å². The van der Waals surface area contributed by atoms with Gasteiger partial charge < -0.3 is 24.4 Å². The molecule has 2 heterocycles. The Morgan fingerprint density at radius 3 is 2.53 bits per heavy atom. The monoisotopic (exact) mass is 523 g/mol. The second-order valence-corrected chi connectivity index (χ2v) is 9.05. The molecule has 8 nitrogen and oxygen atoms in total. The van der Waals surface area contributed by atoms with Crippen molar-refractivity contribution in [2.75, 3.05) is 24.1 Å². The highest BCUT2D eigenvalue weighted by Gasteiger charge is 2.44. The van der Waals surface area contributed by atoms with Gasteiger partial charge in [-0.25, -0.2) is 0 Å². The van der Waals surface area contributed by atoms with Gasteiger partial charge in [-0.15, -0.1) is 0 Å². The average molecular weight is 524 g/mol. The van der Waals surface area contributed by atoms with Crippen molar-refractivity contribution < 1.29 is 23.8 Å². The van der Waals surface area contributed by atoms with E-state index in [9.17, 15) is 9.59 Å². The van der Waals surface area contributed by atoms with E-state index < -0.39 is 6.04 Å². The largest absolute Gasteiger partial charge is 0.497 e. The number of halogens is 1. The fraction of sp³-hybridized carbons (Fsp3) is 0.192. The van der Waals surface area contributed by atoms with E-state index >= 15 is 0 Å². The zero-order valence-corrected chi connectivity index (χ0v) is 20.8. The number of nitrogens with zero attached hydrogens (tertiary/aromatic N) is 2. The van der Waals surface area contributed by atoms with Crippen LogP contribution in [0.3, 0.4) is 0 Å². The van der Waals surface area contributed by atoms with Crippen LogP contribution in [0.2, 0.25) is 5.02 Å². The lowest BCUT2D eigenvalue weighted by Crippen LogP contribution is -2.37. The Morgan fingerprint density at radius 1 is 1.08 bits per heavy atom. The number of benzene rings is 3. The molecule has 1 saturated heterocycles. The van der Waals surface area contributed by atoms with E-state index in [2.05, 4.69) is 5.32 Å². The van der Waals surface area contributed by atoms with Crippen LogP contribution in [0.15, 0.2) is 66.7 Å². The molecule has 0 unspecified atom stereocenters. The Bertz CT molecular complexity index is 1320. The van der Waals surface area contributed by atoms with Crippen molar-refractivity contribution in [2.24, 2.45) is 0 Å². The minimum Gasteiger partial charge on any atom is -0.497 e. The van der Waals surface area contributed by atoms with Crippen molar-refractivity contribution in [3.8, 4) is 17.2 Å². The Hall–Kier alpha value is -3.82. The first-order chi connectivity index (χ1) is 17.4. The van der Waals surface area contributed by atoms with Crippen molar-refractivity contribution in [1.29, 1.82) is 0 Å². The van der Waals surface area contributed by atoms with Gasteiger partial charge in [0.2, 0.25) is 12.7 Å². The van der Waals surface area contributed by atoms with Gasteiger partial charge in [0, 0.05) is 17.3 Å². The zero-order chi connectivity index (χ0) is 25.2.